The Bertz CT molecular complexity index is 276. The molecule has 2 atom stereocenters. The van der Waals surface area contributed by atoms with Crippen LogP contribution in [0.2, 0.25) is 0 Å². The lowest BCUT2D eigenvalue weighted by molar-refractivity contribution is -0.136. The Labute approximate surface area is 78.6 Å². The van der Waals surface area contributed by atoms with Crippen molar-refractivity contribution in [2.24, 2.45) is 17.3 Å². The van der Waals surface area contributed by atoms with E-state index in [0.29, 0.717) is 11.3 Å². The largest absolute Gasteiger partial charge is 0.481 e. The Morgan fingerprint density at radius 2 is 2.38 bits per heavy atom. The second kappa shape index (κ2) is 2.60. The molecule has 0 aliphatic heterocycles. The second-order valence-corrected chi connectivity index (χ2v) is 4.89. The maximum atomic E-state index is 10.6. The number of carbonyl (C=O) groups is 1. The van der Waals surface area contributed by atoms with E-state index in [1.807, 2.05) is 0 Å². The standard InChI is InChI=1S/C11H16O2/c1-11(2)8-4-3-7(5-10(12)13)9(11)6-8/h3,8-9H,4-6H2,1-2H3,(H,12,13)/t8-,9-/m0/s1. The van der Waals surface area contributed by atoms with Gasteiger partial charge in [-0.2, -0.15) is 0 Å². The van der Waals surface area contributed by atoms with Crippen molar-refractivity contribution >= 4 is 5.97 Å². The fourth-order valence-corrected chi connectivity index (χ4v) is 2.85. The number of aliphatic carboxylic acids is 1. The second-order valence-electron chi connectivity index (χ2n) is 4.89. The minimum absolute atomic E-state index is 0.251. The molecule has 13 heavy (non-hydrogen) atoms. The lowest BCUT2D eigenvalue weighted by atomic mass is 9.48. The van der Waals surface area contributed by atoms with Gasteiger partial charge >= 0.3 is 5.97 Å². The zero-order valence-corrected chi connectivity index (χ0v) is 8.21. The molecule has 0 amide bonds. The zero-order valence-electron chi connectivity index (χ0n) is 8.21. The van der Waals surface area contributed by atoms with Crippen molar-refractivity contribution in [2.45, 2.75) is 33.1 Å². The monoisotopic (exact) mass is 180 g/mol. The molecule has 0 spiro atoms. The molecule has 0 heterocycles. The first-order valence-corrected chi connectivity index (χ1v) is 4.92. The van der Waals surface area contributed by atoms with Crippen LogP contribution in [-0.4, -0.2) is 11.1 Å². The fraction of sp³-hybridized carbons (Fsp3) is 0.727. The van der Waals surface area contributed by atoms with Crippen molar-refractivity contribution in [3.63, 3.8) is 0 Å². The SMILES string of the molecule is CC1(C)[C@H]2CC=C(CC(=O)O)[C@@H]1C2. The molecule has 0 unspecified atom stereocenters. The number of carboxylic acids is 1. The van der Waals surface area contributed by atoms with E-state index in [0.717, 1.165) is 12.3 Å². The van der Waals surface area contributed by atoms with Gasteiger partial charge in [-0.05, 0) is 30.1 Å². The normalized spacial score (nSPS) is 34.8. The molecule has 0 aromatic carbocycles. The van der Waals surface area contributed by atoms with Gasteiger partial charge in [0.25, 0.3) is 0 Å². The number of rotatable bonds is 2. The van der Waals surface area contributed by atoms with Gasteiger partial charge in [0.15, 0.2) is 0 Å². The third-order valence-corrected chi connectivity index (χ3v) is 3.94. The summed E-state index contributed by atoms with van der Waals surface area (Å²) in [4.78, 5) is 10.6. The van der Waals surface area contributed by atoms with Gasteiger partial charge < -0.3 is 5.11 Å². The van der Waals surface area contributed by atoms with E-state index >= 15 is 0 Å². The van der Waals surface area contributed by atoms with E-state index in [4.69, 9.17) is 5.11 Å². The van der Waals surface area contributed by atoms with E-state index in [1.165, 1.54) is 12.0 Å². The zero-order chi connectivity index (χ0) is 9.64. The van der Waals surface area contributed by atoms with Gasteiger partial charge in [-0.1, -0.05) is 25.5 Å². The highest BCUT2D eigenvalue weighted by molar-refractivity contribution is 5.70. The average molecular weight is 180 g/mol. The number of carboxylic acid groups (broad SMARTS) is 1. The Morgan fingerprint density at radius 1 is 1.69 bits per heavy atom. The van der Waals surface area contributed by atoms with Crippen molar-refractivity contribution in [2.75, 3.05) is 0 Å². The van der Waals surface area contributed by atoms with Crippen LogP contribution in [0.1, 0.15) is 33.1 Å². The van der Waals surface area contributed by atoms with Crippen LogP contribution >= 0.6 is 0 Å². The van der Waals surface area contributed by atoms with Gasteiger partial charge in [-0.25, -0.2) is 0 Å². The molecule has 1 fully saturated rings. The maximum absolute atomic E-state index is 10.6. The van der Waals surface area contributed by atoms with Crippen LogP contribution in [0.25, 0.3) is 0 Å². The molecule has 0 aromatic rings. The first-order valence-electron chi connectivity index (χ1n) is 4.92. The molecule has 0 saturated heterocycles. The number of hydrogen-bond donors (Lipinski definition) is 1. The van der Waals surface area contributed by atoms with Crippen LogP contribution in [-0.2, 0) is 4.79 Å². The Balaban J connectivity index is 2.14. The predicted molar refractivity (Wildman–Crippen MR) is 50.3 cm³/mol. The number of allylic oxidation sites excluding steroid dienone is 1. The average Bonchev–Trinajstić information content (AvgIpc) is 2.03. The van der Waals surface area contributed by atoms with E-state index in [9.17, 15) is 4.79 Å². The molecule has 3 aliphatic carbocycles. The van der Waals surface area contributed by atoms with Crippen LogP contribution in [0.3, 0.4) is 0 Å². The first kappa shape index (κ1) is 8.79. The summed E-state index contributed by atoms with van der Waals surface area (Å²) in [5, 5.41) is 8.73. The summed E-state index contributed by atoms with van der Waals surface area (Å²) < 4.78 is 0. The van der Waals surface area contributed by atoms with Crippen LogP contribution < -0.4 is 0 Å². The van der Waals surface area contributed by atoms with E-state index in [-0.39, 0.29) is 6.42 Å². The van der Waals surface area contributed by atoms with Crippen molar-refractivity contribution in [3.05, 3.63) is 11.6 Å². The van der Waals surface area contributed by atoms with Gasteiger partial charge in [0.2, 0.25) is 0 Å². The van der Waals surface area contributed by atoms with Gasteiger partial charge in [-0.15, -0.1) is 0 Å². The molecule has 3 rings (SSSR count). The van der Waals surface area contributed by atoms with Gasteiger partial charge in [0.1, 0.15) is 0 Å². The lowest BCUT2D eigenvalue weighted by Crippen LogP contribution is -2.48. The summed E-state index contributed by atoms with van der Waals surface area (Å²) in [5.74, 6) is 0.657. The molecule has 0 aromatic heterocycles. The molecular formula is C11H16O2. The summed E-state index contributed by atoms with van der Waals surface area (Å²) in [7, 11) is 0. The van der Waals surface area contributed by atoms with Crippen molar-refractivity contribution in [1.82, 2.24) is 0 Å². The summed E-state index contributed by atoms with van der Waals surface area (Å²) in [5.41, 5.74) is 1.53. The minimum Gasteiger partial charge on any atom is -0.481 e. The Morgan fingerprint density at radius 3 is 2.85 bits per heavy atom. The third-order valence-electron chi connectivity index (χ3n) is 3.94. The molecule has 72 valence electrons. The third kappa shape index (κ3) is 1.19. The minimum atomic E-state index is -0.688. The summed E-state index contributed by atoms with van der Waals surface area (Å²) >= 11 is 0. The Kier molecular flexibility index (Phi) is 1.76. The highest BCUT2D eigenvalue weighted by Crippen LogP contribution is 2.59. The predicted octanol–water partition coefficient (Wildman–Crippen LogP) is 2.45. The molecule has 1 saturated carbocycles. The number of hydrogen-bond acceptors (Lipinski definition) is 1. The Hall–Kier alpha value is -0.790. The van der Waals surface area contributed by atoms with Crippen LogP contribution in [0, 0.1) is 17.3 Å². The summed E-state index contributed by atoms with van der Waals surface area (Å²) in [6.07, 6.45) is 4.71. The van der Waals surface area contributed by atoms with Crippen LogP contribution in [0.5, 0.6) is 0 Å². The maximum Gasteiger partial charge on any atom is 0.307 e. The highest BCUT2D eigenvalue weighted by atomic mass is 16.4. The van der Waals surface area contributed by atoms with Crippen molar-refractivity contribution in [3.8, 4) is 0 Å². The van der Waals surface area contributed by atoms with Gasteiger partial charge in [-0.3, -0.25) is 4.79 Å². The van der Waals surface area contributed by atoms with Crippen LogP contribution in [0.15, 0.2) is 11.6 Å². The van der Waals surface area contributed by atoms with E-state index < -0.39 is 5.97 Å². The molecular weight excluding hydrogens is 164 g/mol. The quantitative estimate of drug-likeness (QED) is 0.663. The molecule has 3 aliphatic rings. The number of fused-ring (bicyclic) bond motifs is 1. The smallest absolute Gasteiger partial charge is 0.307 e. The van der Waals surface area contributed by atoms with Crippen molar-refractivity contribution < 1.29 is 9.90 Å². The highest BCUT2D eigenvalue weighted by Gasteiger charge is 2.51. The first-order chi connectivity index (χ1) is 6.01. The van der Waals surface area contributed by atoms with E-state index in [1.54, 1.807) is 0 Å². The topological polar surface area (TPSA) is 37.3 Å². The molecule has 2 bridgehead atoms. The molecule has 2 nitrogen and oxygen atoms in total. The molecule has 2 heteroatoms. The van der Waals surface area contributed by atoms with Gasteiger partial charge in [0, 0.05) is 0 Å². The van der Waals surface area contributed by atoms with Gasteiger partial charge in [0.05, 0.1) is 6.42 Å². The summed E-state index contributed by atoms with van der Waals surface area (Å²) in [6.45, 7) is 4.53. The molecule has 1 N–H and O–H groups in total. The molecule has 0 radical (unpaired) electrons. The lowest BCUT2D eigenvalue weighted by Gasteiger charge is -2.56. The summed E-state index contributed by atoms with van der Waals surface area (Å²) in [6, 6.07) is 0. The van der Waals surface area contributed by atoms with Crippen molar-refractivity contribution in [1.29, 1.82) is 0 Å². The fourth-order valence-electron chi connectivity index (χ4n) is 2.85. The van der Waals surface area contributed by atoms with Crippen LogP contribution in [0.4, 0.5) is 0 Å². The van der Waals surface area contributed by atoms with E-state index in [2.05, 4.69) is 19.9 Å².